The van der Waals surface area contributed by atoms with Gasteiger partial charge in [-0.15, -0.1) is 0 Å². The molecule has 2 N–H and O–H groups in total. The summed E-state index contributed by atoms with van der Waals surface area (Å²) in [5, 5.41) is 6.33. The van der Waals surface area contributed by atoms with Crippen LogP contribution in [-0.4, -0.2) is 16.9 Å². The Morgan fingerprint density at radius 2 is 1.95 bits per heavy atom. The topological polar surface area (TPSA) is 54.0 Å². The molecular weight excluding hydrogens is 262 g/mol. The molecule has 1 atom stereocenters. The molecule has 1 amide bonds. The predicted octanol–water partition coefficient (Wildman–Crippen LogP) is 3.15. The molecule has 0 aliphatic heterocycles. The Kier molecular flexibility index (Phi) is 3.86. The zero-order valence-electron chi connectivity index (χ0n) is 12.0. The smallest absolute Gasteiger partial charge is 0.255 e. The molecule has 1 unspecified atom stereocenters. The number of carbonyl (C=O) groups excluding carboxylic acids is 1. The van der Waals surface area contributed by atoms with Crippen molar-refractivity contribution in [1.82, 2.24) is 10.3 Å². The van der Waals surface area contributed by atoms with Crippen molar-refractivity contribution in [3.8, 4) is 0 Å². The molecule has 4 nitrogen and oxygen atoms in total. The van der Waals surface area contributed by atoms with E-state index in [0.29, 0.717) is 17.4 Å². The van der Waals surface area contributed by atoms with Gasteiger partial charge in [-0.3, -0.25) is 4.79 Å². The minimum atomic E-state index is -0.0948. The molecule has 0 bridgehead atoms. The van der Waals surface area contributed by atoms with Crippen molar-refractivity contribution in [2.45, 2.75) is 31.8 Å². The Hall–Kier alpha value is -2.36. The highest BCUT2D eigenvalue weighted by Gasteiger charge is 2.24. The number of benzene rings is 1. The molecule has 1 aliphatic rings. The summed E-state index contributed by atoms with van der Waals surface area (Å²) < 4.78 is 0. The zero-order chi connectivity index (χ0) is 14.7. The SMILES string of the molecule is CC(NC(=O)c1cccnc1NC1CC1)c1ccccc1. The first-order valence-electron chi connectivity index (χ1n) is 7.31. The number of hydrogen-bond acceptors (Lipinski definition) is 3. The van der Waals surface area contributed by atoms with Crippen LogP contribution in [0.3, 0.4) is 0 Å². The summed E-state index contributed by atoms with van der Waals surface area (Å²) in [5.41, 5.74) is 1.69. The largest absolute Gasteiger partial charge is 0.367 e. The monoisotopic (exact) mass is 281 g/mol. The highest BCUT2D eigenvalue weighted by molar-refractivity contribution is 5.99. The molecule has 1 aromatic heterocycles. The summed E-state index contributed by atoms with van der Waals surface area (Å²) in [6, 6.07) is 14.0. The second-order valence-corrected chi connectivity index (χ2v) is 5.42. The maximum Gasteiger partial charge on any atom is 0.255 e. The van der Waals surface area contributed by atoms with Gasteiger partial charge in [0.2, 0.25) is 0 Å². The van der Waals surface area contributed by atoms with Crippen molar-refractivity contribution in [2.24, 2.45) is 0 Å². The average Bonchev–Trinajstić information content (AvgIpc) is 3.32. The summed E-state index contributed by atoms with van der Waals surface area (Å²) in [6.45, 7) is 1.98. The van der Waals surface area contributed by atoms with E-state index in [9.17, 15) is 4.79 Å². The van der Waals surface area contributed by atoms with Gasteiger partial charge in [-0.1, -0.05) is 30.3 Å². The number of carbonyl (C=O) groups is 1. The maximum atomic E-state index is 12.5. The molecule has 1 aromatic carbocycles. The van der Waals surface area contributed by atoms with E-state index in [-0.39, 0.29) is 11.9 Å². The van der Waals surface area contributed by atoms with Crippen LogP contribution in [-0.2, 0) is 0 Å². The number of nitrogens with one attached hydrogen (secondary N) is 2. The van der Waals surface area contributed by atoms with Crippen LogP contribution in [0.15, 0.2) is 48.7 Å². The minimum absolute atomic E-state index is 0.0346. The Balaban J connectivity index is 1.73. The van der Waals surface area contributed by atoms with Crippen molar-refractivity contribution in [3.05, 3.63) is 59.8 Å². The first kappa shape index (κ1) is 13.6. The van der Waals surface area contributed by atoms with Crippen molar-refractivity contribution in [1.29, 1.82) is 0 Å². The first-order chi connectivity index (χ1) is 10.2. The van der Waals surface area contributed by atoms with Gasteiger partial charge in [-0.2, -0.15) is 0 Å². The van der Waals surface area contributed by atoms with Gasteiger partial charge in [0, 0.05) is 12.2 Å². The third-order valence-electron chi connectivity index (χ3n) is 3.62. The van der Waals surface area contributed by atoms with Crippen molar-refractivity contribution in [3.63, 3.8) is 0 Å². The molecule has 0 saturated heterocycles. The Morgan fingerprint density at radius 3 is 2.67 bits per heavy atom. The number of amides is 1. The minimum Gasteiger partial charge on any atom is -0.367 e. The van der Waals surface area contributed by atoms with Crippen LogP contribution in [0.2, 0.25) is 0 Å². The van der Waals surface area contributed by atoms with E-state index in [1.165, 1.54) is 0 Å². The van der Waals surface area contributed by atoms with Crippen molar-refractivity contribution in [2.75, 3.05) is 5.32 Å². The number of anilines is 1. The third-order valence-corrected chi connectivity index (χ3v) is 3.62. The molecule has 4 heteroatoms. The summed E-state index contributed by atoms with van der Waals surface area (Å²) in [7, 11) is 0. The fourth-order valence-electron chi connectivity index (χ4n) is 2.22. The van der Waals surface area contributed by atoms with E-state index in [1.807, 2.05) is 43.3 Å². The molecule has 2 aromatic rings. The van der Waals surface area contributed by atoms with Crippen LogP contribution in [0.4, 0.5) is 5.82 Å². The summed E-state index contributed by atoms with van der Waals surface area (Å²) in [4.78, 5) is 16.7. The lowest BCUT2D eigenvalue weighted by Gasteiger charge is -2.16. The summed E-state index contributed by atoms with van der Waals surface area (Å²) in [6.07, 6.45) is 4.01. The maximum absolute atomic E-state index is 12.5. The number of rotatable bonds is 5. The average molecular weight is 281 g/mol. The quantitative estimate of drug-likeness (QED) is 0.885. The van der Waals surface area contributed by atoms with Gasteiger partial charge in [-0.05, 0) is 37.5 Å². The molecule has 0 radical (unpaired) electrons. The van der Waals surface area contributed by atoms with E-state index in [4.69, 9.17) is 0 Å². The van der Waals surface area contributed by atoms with E-state index >= 15 is 0 Å². The van der Waals surface area contributed by atoms with Crippen LogP contribution in [0, 0.1) is 0 Å². The molecule has 3 rings (SSSR count). The molecule has 108 valence electrons. The molecule has 1 heterocycles. The standard InChI is InChI=1S/C17H19N3O/c1-12(13-6-3-2-4-7-13)19-17(21)15-8-5-11-18-16(15)20-14-9-10-14/h2-8,11-12,14H,9-10H2,1H3,(H,18,20)(H,19,21). The Bertz CT molecular complexity index is 623. The number of aromatic nitrogens is 1. The van der Waals surface area contributed by atoms with E-state index in [1.54, 1.807) is 12.3 Å². The van der Waals surface area contributed by atoms with Gasteiger partial charge in [0.05, 0.1) is 11.6 Å². The van der Waals surface area contributed by atoms with Crippen molar-refractivity contribution >= 4 is 11.7 Å². The van der Waals surface area contributed by atoms with Crippen LogP contribution in [0.1, 0.15) is 41.7 Å². The lowest BCUT2D eigenvalue weighted by molar-refractivity contribution is 0.0940. The Morgan fingerprint density at radius 1 is 1.19 bits per heavy atom. The number of pyridine rings is 1. The molecule has 1 saturated carbocycles. The van der Waals surface area contributed by atoms with Gasteiger partial charge in [0.1, 0.15) is 5.82 Å². The normalized spacial score (nSPS) is 15.3. The third kappa shape index (κ3) is 3.40. The van der Waals surface area contributed by atoms with Gasteiger partial charge in [-0.25, -0.2) is 4.98 Å². The summed E-state index contributed by atoms with van der Waals surface area (Å²) in [5.74, 6) is 0.584. The van der Waals surface area contributed by atoms with Crippen molar-refractivity contribution < 1.29 is 4.79 Å². The zero-order valence-corrected chi connectivity index (χ0v) is 12.0. The molecule has 21 heavy (non-hydrogen) atoms. The summed E-state index contributed by atoms with van der Waals surface area (Å²) >= 11 is 0. The second-order valence-electron chi connectivity index (χ2n) is 5.42. The highest BCUT2D eigenvalue weighted by atomic mass is 16.1. The molecule has 1 aliphatic carbocycles. The van der Waals surface area contributed by atoms with Gasteiger partial charge >= 0.3 is 0 Å². The number of hydrogen-bond donors (Lipinski definition) is 2. The van der Waals surface area contributed by atoms with E-state index in [2.05, 4.69) is 15.6 Å². The molecular formula is C17H19N3O. The lowest BCUT2D eigenvalue weighted by Crippen LogP contribution is -2.27. The molecule has 0 spiro atoms. The second kappa shape index (κ2) is 5.95. The van der Waals surface area contributed by atoms with Crippen LogP contribution >= 0.6 is 0 Å². The Labute approximate surface area is 124 Å². The van der Waals surface area contributed by atoms with Gasteiger partial charge in [0.15, 0.2) is 0 Å². The first-order valence-corrected chi connectivity index (χ1v) is 7.31. The van der Waals surface area contributed by atoms with E-state index < -0.39 is 0 Å². The van der Waals surface area contributed by atoms with E-state index in [0.717, 1.165) is 18.4 Å². The van der Waals surface area contributed by atoms with Gasteiger partial charge in [0.25, 0.3) is 5.91 Å². The van der Waals surface area contributed by atoms with Crippen LogP contribution < -0.4 is 10.6 Å². The van der Waals surface area contributed by atoms with Gasteiger partial charge < -0.3 is 10.6 Å². The fourth-order valence-corrected chi connectivity index (χ4v) is 2.22. The fraction of sp³-hybridized carbons (Fsp3) is 0.294. The van der Waals surface area contributed by atoms with Crippen LogP contribution in [0.25, 0.3) is 0 Å². The lowest BCUT2D eigenvalue weighted by atomic mass is 10.1. The number of nitrogens with zero attached hydrogens (tertiary/aromatic N) is 1. The van der Waals surface area contributed by atoms with Crippen LogP contribution in [0.5, 0.6) is 0 Å². The molecule has 1 fully saturated rings. The predicted molar refractivity (Wildman–Crippen MR) is 83.2 cm³/mol. The highest BCUT2D eigenvalue weighted by Crippen LogP contribution is 2.25.